The maximum Gasteiger partial charge on any atom is 0.326 e. The molecule has 7 heteroatoms. The molecule has 1 fully saturated rings. The van der Waals surface area contributed by atoms with Crippen LogP contribution in [0.3, 0.4) is 0 Å². The summed E-state index contributed by atoms with van der Waals surface area (Å²) in [7, 11) is 0. The Morgan fingerprint density at radius 2 is 1.65 bits per heavy atom. The van der Waals surface area contributed by atoms with E-state index in [0.29, 0.717) is 24.9 Å². The topological polar surface area (TPSA) is 104 Å². The highest BCUT2D eigenvalue weighted by Gasteiger charge is 2.32. The first-order valence-corrected chi connectivity index (χ1v) is 10.1. The molecule has 3 rings (SSSR count). The third-order valence-corrected chi connectivity index (χ3v) is 5.18. The number of hydrogen-bond donors (Lipinski definition) is 2. The highest BCUT2D eigenvalue weighted by Crippen LogP contribution is 2.20. The maximum absolute atomic E-state index is 12.6. The molecule has 0 spiro atoms. The fraction of sp³-hybridized carbons (Fsp3) is 0.250. The first kappa shape index (κ1) is 22.0. The molecular weight excluding hydrogens is 396 g/mol. The molecule has 1 aliphatic rings. The summed E-state index contributed by atoms with van der Waals surface area (Å²) in [4.78, 5) is 50.0. The van der Waals surface area contributed by atoms with Crippen LogP contribution in [-0.4, -0.2) is 46.2 Å². The number of ketones is 1. The zero-order chi connectivity index (χ0) is 22.2. The van der Waals surface area contributed by atoms with Crippen LogP contribution in [0.2, 0.25) is 0 Å². The monoisotopic (exact) mass is 420 g/mol. The van der Waals surface area contributed by atoms with Gasteiger partial charge in [0.05, 0.1) is 6.04 Å². The normalized spacial score (nSPS) is 16.8. The summed E-state index contributed by atoms with van der Waals surface area (Å²) >= 11 is 0. The average molecular weight is 420 g/mol. The van der Waals surface area contributed by atoms with Crippen molar-refractivity contribution >= 4 is 23.6 Å². The molecule has 0 aliphatic carbocycles. The Balaban J connectivity index is 1.68. The summed E-state index contributed by atoms with van der Waals surface area (Å²) in [5, 5.41) is 12.1. The number of hydrogen-bond acceptors (Lipinski definition) is 4. The maximum atomic E-state index is 12.6. The Hall–Kier alpha value is -3.74. The predicted octanol–water partition coefficient (Wildman–Crippen LogP) is 2.75. The fourth-order valence-electron chi connectivity index (χ4n) is 3.59. The summed E-state index contributed by atoms with van der Waals surface area (Å²) in [6.45, 7) is 0.355. The number of nitrogens with one attached hydrogen (secondary N) is 1. The molecule has 1 saturated heterocycles. The van der Waals surface area contributed by atoms with Gasteiger partial charge in [0.2, 0.25) is 5.91 Å². The Morgan fingerprint density at radius 1 is 1.00 bits per heavy atom. The lowest BCUT2D eigenvalue weighted by Gasteiger charge is -2.20. The van der Waals surface area contributed by atoms with Gasteiger partial charge in [0.15, 0.2) is 5.78 Å². The van der Waals surface area contributed by atoms with E-state index in [-0.39, 0.29) is 18.1 Å². The Bertz CT molecular complexity index is 972. The van der Waals surface area contributed by atoms with Gasteiger partial charge in [-0.2, -0.15) is 0 Å². The van der Waals surface area contributed by atoms with Crippen molar-refractivity contribution in [3.8, 4) is 0 Å². The van der Waals surface area contributed by atoms with E-state index in [1.165, 1.54) is 4.90 Å². The second-order valence-electron chi connectivity index (χ2n) is 7.33. The highest BCUT2D eigenvalue weighted by molar-refractivity contribution is 6.00. The third-order valence-electron chi connectivity index (χ3n) is 5.18. The molecule has 2 aromatic carbocycles. The lowest BCUT2D eigenvalue weighted by molar-refractivity contribution is -0.146. The smallest absolute Gasteiger partial charge is 0.326 e. The molecule has 0 bridgehead atoms. The second kappa shape index (κ2) is 10.3. The number of carbonyl (C=O) groups excluding carboxylic acids is 3. The molecule has 7 nitrogen and oxygen atoms in total. The van der Waals surface area contributed by atoms with Gasteiger partial charge in [-0.25, -0.2) is 4.79 Å². The molecule has 2 N–H and O–H groups in total. The van der Waals surface area contributed by atoms with E-state index in [0.717, 1.165) is 17.7 Å². The van der Waals surface area contributed by atoms with Gasteiger partial charge in [-0.1, -0.05) is 48.5 Å². The van der Waals surface area contributed by atoms with Crippen LogP contribution in [0.25, 0.3) is 0 Å². The van der Waals surface area contributed by atoms with Gasteiger partial charge in [0.1, 0.15) is 6.04 Å². The zero-order valence-corrected chi connectivity index (χ0v) is 16.9. The van der Waals surface area contributed by atoms with Crippen molar-refractivity contribution in [2.24, 2.45) is 0 Å². The summed E-state index contributed by atoms with van der Waals surface area (Å²) in [5.74, 6) is -2.19. The molecule has 2 aromatic rings. The third kappa shape index (κ3) is 5.88. The molecular formula is C24H24N2O5. The number of rotatable bonds is 8. The molecule has 2 unspecified atom stereocenters. The van der Waals surface area contributed by atoms with Crippen LogP contribution in [0.4, 0.5) is 0 Å². The largest absolute Gasteiger partial charge is 0.480 e. The van der Waals surface area contributed by atoms with Crippen LogP contribution in [0.5, 0.6) is 0 Å². The number of carbonyl (C=O) groups is 4. The Labute approximate surface area is 180 Å². The van der Waals surface area contributed by atoms with E-state index in [9.17, 15) is 24.3 Å². The number of carboxylic acid groups (broad SMARTS) is 1. The average Bonchev–Trinajstić information content (AvgIpc) is 3.29. The number of carboxylic acids is 1. The Morgan fingerprint density at radius 3 is 2.29 bits per heavy atom. The van der Waals surface area contributed by atoms with Crippen LogP contribution in [0.15, 0.2) is 72.8 Å². The van der Waals surface area contributed by atoms with Crippen LogP contribution in [-0.2, 0) is 14.4 Å². The molecule has 0 radical (unpaired) electrons. The molecule has 160 valence electrons. The molecule has 2 amide bonds. The van der Waals surface area contributed by atoms with Crippen LogP contribution in [0.1, 0.15) is 41.2 Å². The quantitative estimate of drug-likeness (QED) is 0.639. The van der Waals surface area contributed by atoms with E-state index in [1.54, 1.807) is 24.3 Å². The van der Waals surface area contributed by atoms with Crippen molar-refractivity contribution in [3.05, 3.63) is 83.9 Å². The SMILES string of the molecule is O=C(C=CC(=O)N1CCCC1C(=O)O)CC(NC(=O)c1ccccc1)c1ccccc1. The molecule has 1 heterocycles. The molecule has 0 saturated carbocycles. The molecule has 31 heavy (non-hydrogen) atoms. The highest BCUT2D eigenvalue weighted by atomic mass is 16.4. The minimum Gasteiger partial charge on any atom is -0.480 e. The van der Waals surface area contributed by atoms with Gasteiger partial charge in [-0.05, 0) is 36.6 Å². The standard InChI is InChI=1S/C24H24N2O5/c27-19(13-14-22(28)26-15-7-12-21(26)24(30)31)16-20(17-8-3-1-4-9-17)25-23(29)18-10-5-2-6-11-18/h1-6,8-11,13-14,20-21H,7,12,15-16H2,(H,25,29)(H,30,31). The molecule has 2 atom stereocenters. The second-order valence-corrected chi connectivity index (χ2v) is 7.33. The van der Waals surface area contributed by atoms with E-state index in [4.69, 9.17) is 0 Å². The van der Waals surface area contributed by atoms with E-state index in [1.807, 2.05) is 36.4 Å². The van der Waals surface area contributed by atoms with Crippen molar-refractivity contribution in [2.75, 3.05) is 6.54 Å². The number of likely N-dealkylation sites (tertiary alicyclic amines) is 1. The van der Waals surface area contributed by atoms with E-state index >= 15 is 0 Å². The van der Waals surface area contributed by atoms with Gasteiger partial charge in [0, 0.05) is 24.6 Å². The van der Waals surface area contributed by atoms with Gasteiger partial charge >= 0.3 is 5.97 Å². The number of allylic oxidation sites excluding steroid dienone is 1. The van der Waals surface area contributed by atoms with Gasteiger partial charge in [-0.3, -0.25) is 14.4 Å². The summed E-state index contributed by atoms with van der Waals surface area (Å²) in [6.07, 6.45) is 3.26. The van der Waals surface area contributed by atoms with Crippen LogP contribution < -0.4 is 5.32 Å². The van der Waals surface area contributed by atoms with Crippen molar-refractivity contribution in [2.45, 2.75) is 31.3 Å². The summed E-state index contributed by atoms with van der Waals surface area (Å²) in [6, 6.07) is 16.4. The fourth-order valence-corrected chi connectivity index (χ4v) is 3.59. The van der Waals surface area contributed by atoms with Crippen molar-refractivity contribution in [1.82, 2.24) is 10.2 Å². The first-order valence-electron chi connectivity index (χ1n) is 10.1. The molecule has 1 aliphatic heterocycles. The van der Waals surface area contributed by atoms with Crippen LogP contribution >= 0.6 is 0 Å². The van der Waals surface area contributed by atoms with Crippen molar-refractivity contribution in [1.29, 1.82) is 0 Å². The zero-order valence-electron chi connectivity index (χ0n) is 16.9. The van der Waals surface area contributed by atoms with Gasteiger partial charge < -0.3 is 15.3 Å². The van der Waals surface area contributed by atoms with E-state index < -0.39 is 24.0 Å². The number of aliphatic carboxylic acids is 1. The number of nitrogens with zero attached hydrogens (tertiary/aromatic N) is 1. The first-order chi connectivity index (χ1) is 15.0. The van der Waals surface area contributed by atoms with Gasteiger partial charge in [-0.15, -0.1) is 0 Å². The number of amides is 2. The minimum absolute atomic E-state index is 0.0330. The van der Waals surface area contributed by atoms with Crippen LogP contribution in [0, 0.1) is 0 Å². The Kier molecular flexibility index (Phi) is 7.32. The minimum atomic E-state index is -1.04. The van der Waals surface area contributed by atoms with E-state index in [2.05, 4.69) is 5.32 Å². The molecule has 0 aromatic heterocycles. The summed E-state index contributed by atoms with van der Waals surface area (Å²) < 4.78 is 0. The number of benzene rings is 2. The summed E-state index contributed by atoms with van der Waals surface area (Å²) in [5.41, 5.74) is 1.25. The van der Waals surface area contributed by atoms with Crippen molar-refractivity contribution in [3.63, 3.8) is 0 Å². The predicted molar refractivity (Wildman–Crippen MR) is 114 cm³/mol. The lowest BCUT2D eigenvalue weighted by Crippen LogP contribution is -2.39. The van der Waals surface area contributed by atoms with Gasteiger partial charge in [0.25, 0.3) is 5.91 Å². The van der Waals surface area contributed by atoms with Crippen molar-refractivity contribution < 1.29 is 24.3 Å². The lowest BCUT2D eigenvalue weighted by atomic mass is 10.0.